The van der Waals surface area contributed by atoms with Crippen LogP contribution in [0, 0.1) is 0 Å². The Morgan fingerprint density at radius 1 is 1.22 bits per heavy atom. The predicted octanol–water partition coefficient (Wildman–Crippen LogP) is 2.57. The predicted molar refractivity (Wildman–Crippen MR) is 86.4 cm³/mol. The van der Waals surface area contributed by atoms with Crippen molar-refractivity contribution >= 4 is 27.8 Å². The molecule has 0 radical (unpaired) electrons. The Kier molecular flexibility index (Phi) is 6.22. The number of amides is 1. The molecule has 0 fully saturated rings. The molecular formula is C16H16BrNO5. The first-order valence-electron chi connectivity index (χ1n) is 6.91. The molecule has 1 heterocycles. The lowest BCUT2D eigenvalue weighted by Gasteiger charge is -2.09. The van der Waals surface area contributed by atoms with Gasteiger partial charge in [-0.2, -0.15) is 0 Å². The van der Waals surface area contributed by atoms with Gasteiger partial charge in [-0.05, 0) is 46.1 Å². The fourth-order valence-electron chi connectivity index (χ4n) is 1.92. The van der Waals surface area contributed by atoms with E-state index in [1.165, 1.54) is 6.07 Å². The van der Waals surface area contributed by atoms with Crippen LogP contribution in [0.3, 0.4) is 0 Å². The summed E-state index contributed by atoms with van der Waals surface area (Å²) in [5, 5.41) is 2.68. The van der Waals surface area contributed by atoms with Gasteiger partial charge in [0.15, 0.2) is 11.3 Å². The molecule has 7 heteroatoms. The lowest BCUT2D eigenvalue weighted by atomic mass is 10.1. The summed E-state index contributed by atoms with van der Waals surface area (Å²) in [7, 11) is 1.60. The third-order valence-electron chi connectivity index (χ3n) is 3.02. The molecule has 0 unspecified atom stereocenters. The molecule has 122 valence electrons. The number of halogens is 1. The van der Waals surface area contributed by atoms with Crippen LogP contribution in [0.25, 0.3) is 0 Å². The van der Waals surface area contributed by atoms with E-state index in [9.17, 15) is 9.59 Å². The number of rotatable bonds is 7. The minimum Gasteiger partial charge on any atom is -0.496 e. The average Bonchev–Trinajstić information content (AvgIpc) is 2.99. The molecule has 0 aliphatic heterocycles. The molecule has 0 bridgehead atoms. The van der Waals surface area contributed by atoms with Crippen LogP contribution in [0.15, 0.2) is 45.5 Å². The van der Waals surface area contributed by atoms with Crippen LogP contribution in [0.5, 0.6) is 5.75 Å². The maximum atomic E-state index is 11.7. The first-order valence-corrected chi connectivity index (χ1v) is 7.70. The van der Waals surface area contributed by atoms with Crippen LogP contribution in [-0.4, -0.2) is 32.1 Å². The number of para-hydroxylation sites is 1. The number of methoxy groups -OCH3 is 1. The van der Waals surface area contributed by atoms with Crippen molar-refractivity contribution in [1.82, 2.24) is 5.32 Å². The van der Waals surface area contributed by atoms with Crippen molar-refractivity contribution in [3.8, 4) is 5.75 Å². The second-order valence-electron chi connectivity index (χ2n) is 4.59. The summed E-state index contributed by atoms with van der Waals surface area (Å²) >= 11 is 3.08. The molecule has 1 aromatic carbocycles. The van der Waals surface area contributed by atoms with Gasteiger partial charge >= 0.3 is 5.97 Å². The lowest BCUT2D eigenvalue weighted by molar-refractivity contribution is -0.124. The Morgan fingerprint density at radius 3 is 2.70 bits per heavy atom. The number of benzene rings is 1. The Labute approximate surface area is 141 Å². The van der Waals surface area contributed by atoms with Gasteiger partial charge in [-0.3, -0.25) is 4.79 Å². The van der Waals surface area contributed by atoms with Crippen molar-refractivity contribution < 1.29 is 23.5 Å². The van der Waals surface area contributed by atoms with E-state index < -0.39 is 5.97 Å². The van der Waals surface area contributed by atoms with E-state index in [-0.39, 0.29) is 18.3 Å². The number of furan rings is 1. The monoisotopic (exact) mass is 381 g/mol. The van der Waals surface area contributed by atoms with E-state index in [1.54, 1.807) is 13.2 Å². The highest BCUT2D eigenvalue weighted by Gasteiger charge is 2.13. The van der Waals surface area contributed by atoms with Crippen LogP contribution in [0.2, 0.25) is 0 Å². The van der Waals surface area contributed by atoms with Crippen LogP contribution in [0.1, 0.15) is 16.1 Å². The van der Waals surface area contributed by atoms with Gasteiger partial charge in [-0.1, -0.05) is 18.2 Å². The number of nitrogens with one attached hydrogen (secondary N) is 1. The van der Waals surface area contributed by atoms with Gasteiger partial charge < -0.3 is 19.2 Å². The topological polar surface area (TPSA) is 77.8 Å². The Morgan fingerprint density at radius 2 is 2.00 bits per heavy atom. The van der Waals surface area contributed by atoms with Crippen molar-refractivity contribution in [3.63, 3.8) is 0 Å². The molecule has 1 amide bonds. The minimum absolute atomic E-state index is 0.0405. The number of esters is 1. The molecule has 1 N–H and O–H groups in total. The van der Waals surface area contributed by atoms with Crippen LogP contribution in [0.4, 0.5) is 0 Å². The average molecular weight is 382 g/mol. The quantitative estimate of drug-likeness (QED) is 0.745. The highest BCUT2D eigenvalue weighted by atomic mass is 79.9. The minimum atomic E-state index is -0.685. The number of carbonyl (C=O) groups excluding carboxylic acids is 2. The van der Waals surface area contributed by atoms with Crippen molar-refractivity contribution in [2.24, 2.45) is 0 Å². The van der Waals surface area contributed by atoms with Crippen molar-refractivity contribution in [3.05, 3.63) is 52.4 Å². The highest BCUT2D eigenvalue weighted by molar-refractivity contribution is 9.10. The third-order valence-corrected chi connectivity index (χ3v) is 3.44. The Hall–Kier alpha value is -2.28. The zero-order valence-corrected chi connectivity index (χ0v) is 14.1. The molecule has 0 aliphatic rings. The number of ether oxygens (including phenoxy) is 2. The van der Waals surface area contributed by atoms with Crippen LogP contribution in [-0.2, 0) is 16.0 Å². The van der Waals surface area contributed by atoms with Gasteiger partial charge in [0.05, 0.1) is 7.11 Å². The highest BCUT2D eigenvalue weighted by Crippen LogP contribution is 2.17. The summed E-state index contributed by atoms with van der Waals surface area (Å²) in [6.45, 7) is 0.0616. The van der Waals surface area contributed by atoms with E-state index >= 15 is 0 Å². The van der Waals surface area contributed by atoms with Crippen LogP contribution >= 0.6 is 15.9 Å². The molecule has 0 atom stereocenters. The number of hydrogen-bond donors (Lipinski definition) is 1. The van der Waals surface area contributed by atoms with Gasteiger partial charge in [0.2, 0.25) is 5.76 Å². The van der Waals surface area contributed by atoms with Gasteiger partial charge in [0, 0.05) is 6.54 Å². The fourth-order valence-corrected chi connectivity index (χ4v) is 2.23. The lowest BCUT2D eigenvalue weighted by Crippen LogP contribution is -2.30. The van der Waals surface area contributed by atoms with E-state index in [0.29, 0.717) is 17.6 Å². The van der Waals surface area contributed by atoms with Gasteiger partial charge in [0.1, 0.15) is 5.75 Å². The van der Waals surface area contributed by atoms with E-state index in [2.05, 4.69) is 21.2 Å². The molecule has 2 aromatic rings. The summed E-state index contributed by atoms with van der Waals surface area (Å²) in [6, 6.07) is 10.6. The molecule has 6 nitrogen and oxygen atoms in total. The maximum absolute atomic E-state index is 11.7. The number of hydrogen-bond acceptors (Lipinski definition) is 5. The standard InChI is InChI=1S/C16H16BrNO5/c1-21-12-5-3-2-4-11(12)8-9-18-15(19)10-22-16(20)13-6-7-14(17)23-13/h2-7H,8-10H2,1H3,(H,18,19). The summed E-state index contributed by atoms with van der Waals surface area (Å²) in [4.78, 5) is 23.3. The van der Waals surface area contributed by atoms with Crippen molar-refractivity contribution in [2.75, 3.05) is 20.3 Å². The van der Waals surface area contributed by atoms with Crippen molar-refractivity contribution in [1.29, 1.82) is 0 Å². The zero-order valence-electron chi connectivity index (χ0n) is 12.5. The van der Waals surface area contributed by atoms with Crippen LogP contribution < -0.4 is 10.1 Å². The second-order valence-corrected chi connectivity index (χ2v) is 5.37. The summed E-state index contributed by atoms with van der Waals surface area (Å²) in [5.41, 5.74) is 0.993. The summed E-state index contributed by atoms with van der Waals surface area (Å²) in [6.07, 6.45) is 0.620. The van der Waals surface area contributed by atoms with Gasteiger partial charge in [-0.25, -0.2) is 4.79 Å². The van der Waals surface area contributed by atoms with E-state index in [0.717, 1.165) is 11.3 Å². The van der Waals surface area contributed by atoms with Gasteiger partial charge in [-0.15, -0.1) is 0 Å². The molecule has 0 saturated heterocycles. The number of carbonyl (C=O) groups is 2. The van der Waals surface area contributed by atoms with E-state index in [4.69, 9.17) is 13.9 Å². The maximum Gasteiger partial charge on any atom is 0.374 e. The van der Waals surface area contributed by atoms with Gasteiger partial charge in [0.25, 0.3) is 5.91 Å². The smallest absolute Gasteiger partial charge is 0.374 e. The summed E-state index contributed by atoms with van der Waals surface area (Å²) < 4.78 is 15.6. The Bertz CT molecular complexity index is 683. The second kappa shape index (κ2) is 8.38. The largest absolute Gasteiger partial charge is 0.496 e. The Balaban J connectivity index is 1.72. The fraction of sp³-hybridized carbons (Fsp3) is 0.250. The third kappa shape index (κ3) is 5.14. The van der Waals surface area contributed by atoms with Crippen molar-refractivity contribution in [2.45, 2.75) is 6.42 Å². The normalized spacial score (nSPS) is 10.2. The zero-order chi connectivity index (χ0) is 16.7. The molecular weight excluding hydrogens is 366 g/mol. The molecule has 0 spiro atoms. The molecule has 1 aromatic heterocycles. The molecule has 0 saturated carbocycles. The van der Waals surface area contributed by atoms with E-state index in [1.807, 2.05) is 24.3 Å². The first-order chi connectivity index (χ1) is 11.1. The molecule has 23 heavy (non-hydrogen) atoms. The summed E-state index contributed by atoms with van der Waals surface area (Å²) in [5.74, 6) is -0.246. The molecule has 2 rings (SSSR count). The SMILES string of the molecule is COc1ccccc1CCNC(=O)COC(=O)c1ccc(Br)o1. The first kappa shape index (κ1) is 17.1. The molecule has 0 aliphatic carbocycles.